The van der Waals surface area contributed by atoms with Crippen LogP contribution in [0.25, 0.3) is 0 Å². The normalized spacial score (nSPS) is 18.1. The van der Waals surface area contributed by atoms with Crippen molar-refractivity contribution in [1.82, 2.24) is 20.5 Å². The van der Waals surface area contributed by atoms with E-state index in [2.05, 4.69) is 25.6 Å². The van der Waals surface area contributed by atoms with E-state index >= 15 is 0 Å². The summed E-state index contributed by atoms with van der Waals surface area (Å²) in [5.41, 5.74) is 5.84. The predicted octanol–water partition coefficient (Wildman–Crippen LogP) is 0.287. The number of hydrogen-bond acceptors (Lipinski definition) is 16. The Hall–Kier alpha value is -4.54. The van der Waals surface area contributed by atoms with Crippen molar-refractivity contribution >= 4 is 92.5 Å². The maximum atomic E-state index is 12.7. The number of nitro groups is 1. The molecule has 2 aliphatic heterocycles. The molecule has 4 atom stereocenters. The van der Waals surface area contributed by atoms with Crippen LogP contribution < -0.4 is 16.4 Å². The zero-order valence-electron chi connectivity index (χ0n) is 25.8. The first-order valence-corrected chi connectivity index (χ1v) is 16.7. The molecular weight excluding hydrogens is 749 g/mol. The minimum atomic E-state index is -1.33. The third kappa shape index (κ3) is 9.79. The number of carbonyl (C=O) groups excluding carboxylic acids is 4. The summed E-state index contributed by atoms with van der Waals surface area (Å²) in [7, 11) is 1.25. The monoisotopic (exact) mass is 777 g/mol. The molecule has 3 heterocycles. The second-order valence-electron chi connectivity index (χ2n) is 9.98. The molecule has 0 unspecified atom stereocenters. The van der Waals surface area contributed by atoms with Crippen LogP contribution in [0.15, 0.2) is 46.1 Å². The van der Waals surface area contributed by atoms with E-state index in [1.807, 2.05) is 0 Å². The smallest absolute Gasteiger partial charge is 0.352 e. The molecule has 0 spiro atoms. The van der Waals surface area contributed by atoms with Crippen molar-refractivity contribution < 1.29 is 53.8 Å². The van der Waals surface area contributed by atoms with Crippen LogP contribution in [-0.4, -0.2) is 114 Å². The number of nitrogens with two attached hydrogens (primary N) is 1. The lowest BCUT2D eigenvalue weighted by Gasteiger charge is -2.49. The number of β-lactam (4-membered cyclic amide) rings is 1. The number of carbonyl (C=O) groups is 5. The van der Waals surface area contributed by atoms with E-state index in [1.54, 1.807) is 0 Å². The van der Waals surface area contributed by atoms with Crippen LogP contribution in [0.1, 0.15) is 24.3 Å². The number of thiazole rings is 1. The molecule has 0 radical (unpaired) electrons. The van der Waals surface area contributed by atoms with Crippen molar-refractivity contribution in [3.63, 3.8) is 0 Å². The molecule has 7 N–H and O–H groups in total. The number of oxime groups is 1. The Morgan fingerprint density at radius 3 is 2.42 bits per heavy atom. The van der Waals surface area contributed by atoms with Crippen molar-refractivity contribution in [2.24, 2.45) is 5.16 Å². The second kappa shape index (κ2) is 17.9. The summed E-state index contributed by atoms with van der Waals surface area (Å²) in [6.45, 7) is 0.424. The Balaban J connectivity index is 0.000000295. The molecule has 1 aromatic carbocycles. The maximum absolute atomic E-state index is 12.7. The number of anilines is 1. The number of thioether (sulfide) groups is 1. The van der Waals surface area contributed by atoms with Crippen LogP contribution in [0.3, 0.4) is 0 Å². The lowest BCUT2D eigenvalue weighted by atomic mass is 10.0. The van der Waals surface area contributed by atoms with Crippen molar-refractivity contribution in [2.75, 3.05) is 31.8 Å². The van der Waals surface area contributed by atoms with Gasteiger partial charge in [0.1, 0.15) is 42.6 Å². The number of halogens is 2. The number of alkyl halides is 2. The van der Waals surface area contributed by atoms with Gasteiger partial charge in [0, 0.05) is 35.8 Å². The van der Waals surface area contributed by atoms with Crippen molar-refractivity contribution in [3.05, 3.63) is 62.3 Å². The molecule has 1 fully saturated rings. The number of carboxylic acids is 1. The number of aromatic nitrogens is 1. The summed E-state index contributed by atoms with van der Waals surface area (Å²) in [6.07, 6.45) is -1.25. The van der Waals surface area contributed by atoms with Gasteiger partial charge in [-0.1, -0.05) is 28.4 Å². The summed E-state index contributed by atoms with van der Waals surface area (Å²) in [5.74, 6) is -3.74. The van der Waals surface area contributed by atoms with Gasteiger partial charge < -0.3 is 41.3 Å². The third-order valence-corrected chi connectivity index (χ3v) is 9.11. The number of nitro benzene ring substituents is 1. The lowest BCUT2D eigenvalue weighted by molar-refractivity contribution is -0.384. The SMILES string of the molecule is CO/N=C(/C(=O)N[C@@H]1C(=O)N2C(C(=O)O)=C(COC(C)=O)CS[C@H]12)c1csc(N)n1.O=C(N[C@H](CO)[C@H](O)c1ccc([N+](=O)[O-])cc1)C(Cl)Cl. The minimum absolute atomic E-state index is 0.132. The fourth-order valence-corrected chi connectivity index (χ4v) is 6.38. The molecule has 3 amide bonds. The molecule has 1 saturated heterocycles. The molecule has 19 nitrogen and oxygen atoms in total. The highest BCUT2D eigenvalue weighted by molar-refractivity contribution is 8.00. The van der Waals surface area contributed by atoms with E-state index in [-0.39, 0.29) is 40.3 Å². The number of aliphatic carboxylic acids is 1. The summed E-state index contributed by atoms with van der Waals surface area (Å²) in [6, 6.07) is 3.09. The predicted molar refractivity (Wildman–Crippen MR) is 179 cm³/mol. The molecule has 0 saturated carbocycles. The Morgan fingerprint density at radius 1 is 1.26 bits per heavy atom. The van der Waals surface area contributed by atoms with E-state index in [1.165, 1.54) is 55.4 Å². The number of aliphatic hydroxyl groups excluding tert-OH is 2. The molecule has 0 bridgehead atoms. The zero-order valence-corrected chi connectivity index (χ0v) is 29.0. The molecule has 0 aliphatic carbocycles. The number of benzene rings is 1. The summed E-state index contributed by atoms with van der Waals surface area (Å²) < 4.78 is 4.88. The van der Waals surface area contributed by atoms with Crippen LogP contribution in [-0.2, 0) is 33.5 Å². The molecule has 2 aromatic rings. The number of aliphatic hydroxyl groups is 2. The van der Waals surface area contributed by atoms with Crippen LogP contribution in [0.5, 0.6) is 0 Å². The first-order chi connectivity index (χ1) is 23.6. The number of nitrogens with zero attached hydrogens (tertiary/aromatic N) is 4. The van der Waals surface area contributed by atoms with E-state index in [4.69, 9.17) is 38.8 Å². The fraction of sp³-hybridized carbons (Fsp3) is 0.370. The van der Waals surface area contributed by atoms with Gasteiger partial charge in [-0.25, -0.2) is 9.78 Å². The number of fused-ring (bicyclic) bond motifs is 1. The van der Waals surface area contributed by atoms with E-state index < -0.39 is 69.6 Å². The van der Waals surface area contributed by atoms with Gasteiger partial charge in [-0.05, 0) is 17.7 Å². The van der Waals surface area contributed by atoms with Crippen molar-refractivity contribution in [2.45, 2.75) is 35.3 Å². The van der Waals surface area contributed by atoms with Crippen LogP contribution >= 0.6 is 46.3 Å². The van der Waals surface area contributed by atoms with Gasteiger partial charge >= 0.3 is 11.9 Å². The quantitative estimate of drug-likeness (QED) is 0.0398. The Labute approximate surface area is 300 Å². The average Bonchev–Trinajstić information content (AvgIpc) is 3.51. The van der Waals surface area contributed by atoms with Gasteiger partial charge in [-0.3, -0.25) is 34.2 Å². The summed E-state index contributed by atoms with van der Waals surface area (Å²) >= 11 is 13.1. The molecule has 270 valence electrons. The molecule has 23 heteroatoms. The van der Waals surface area contributed by atoms with E-state index in [0.717, 1.165) is 16.2 Å². The van der Waals surface area contributed by atoms with Crippen LogP contribution in [0.4, 0.5) is 10.8 Å². The number of nitrogen functional groups attached to an aromatic ring is 1. The molecule has 4 rings (SSSR count). The number of amides is 3. The van der Waals surface area contributed by atoms with Gasteiger partial charge in [-0.2, -0.15) is 0 Å². The van der Waals surface area contributed by atoms with Gasteiger partial charge in [0.25, 0.3) is 23.4 Å². The van der Waals surface area contributed by atoms with Gasteiger partial charge in [0.15, 0.2) is 15.7 Å². The molecule has 1 aromatic heterocycles. The number of hydrogen-bond donors (Lipinski definition) is 6. The first-order valence-electron chi connectivity index (χ1n) is 13.9. The topological polar surface area (TPSA) is 286 Å². The number of non-ortho nitro benzene ring substituents is 1. The van der Waals surface area contributed by atoms with E-state index in [9.17, 15) is 44.3 Å². The van der Waals surface area contributed by atoms with E-state index in [0.29, 0.717) is 11.1 Å². The Kier molecular flexibility index (Phi) is 14.3. The first kappa shape index (κ1) is 39.9. The van der Waals surface area contributed by atoms with Crippen LogP contribution in [0.2, 0.25) is 0 Å². The van der Waals surface area contributed by atoms with Gasteiger partial charge in [0.2, 0.25) is 0 Å². The largest absolute Gasteiger partial charge is 0.477 e. The number of nitrogens with one attached hydrogen (secondary N) is 2. The number of ether oxygens (including phenoxy) is 1. The number of rotatable bonds is 13. The number of esters is 1. The van der Waals surface area contributed by atoms with Crippen molar-refractivity contribution in [3.8, 4) is 0 Å². The van der Waals surface area contributed by atoms with Crippen molar-refractivity contribution in [1.29, 1.82) is 0 Å². The third-order valence-electron chi connectivity index (χ3n) is 6.70. The second-order valence-corrected chi connectivity index (χ2v) is 13.1. The zero-order chi connectivity index (χ0) is 37.3. The highest BCUT2D eigenvalue weighted by Gasteiger charge is 2.54. The fourth-order valence-electron chi connectivity index (χ4n) is 4.38. The Morgan fingerprint density at radius 2 is 1.92 bits per heavy atom. The minimum Gasteiger partial charge on any atom is -0.477 e. The Bertz CT molecular complexity index is 1690. The van der Waals surface area contributed by atoms with Crippen LogP contribution in [0, 0.1) is 10.1 Å². The lowest BCUT2D eigenvalue weighted by Crippen LogP contribution is -2.71. The highest BCUT2D eigenvalue weighted by Crippen LogP contribution is 2.40. The molecule has 2 aliphatic rings. The van der Waals surface area contributed by atoms with Gasteiger partial charge in [-0.15, -0.1) is 23.1 Å². The molecule has 50 heavy (non-hydrogen) atoms. The standard InChI is InChI=1S/C16H17N5O7S2.C11H12Cl2N2O5/c1-6(22)28-3-7-4-29-14-10(13(24)21(14)11(7)15(25)26)19-12(23)9(20-27-2)8-5-30-16(17)18-8;12-10(13)11(18)14-8(5-16)9(17)6-1-3-7(4-2-6)15(19)20/h5,10,14H,3-4H2,1-2H3,(H2,17,18)(H,19,23)(H,25,26);1-4,8-10,16-17H,5H2,(H,14,18)/b20-9+;/t10-,14-;8-,9-/m11/s1. The number of carboxylic acid groups (broad SMARTS) is 1. The summed E-state index contributed by atoms with van der Waals surface area (Å²) in [4.78, 5) is 77.7. The summed E-state index contributed by atoms with van der Waals surface area (Å²) in [5, 5.41) is 48.8. The maximum Gasteiger partial charge on any atom is 0.352 e. The highest BCUT2D eigenvalue weighted by atomic mass is 35.5. The average molecular weight is 779 g/mol. The molecular formula is C27H29Cl2N7O12S2. The van der Waals surface area contributed by atoms with Gasteiger partial charge in [0.05, 0.1) is 17.6 Å².